The first kappa shape index (κ1) is 15.2. The molecule has 0 unspecified atom stereocenters. The number of nitrogens with zero attached hydrogens (tertiary/aromatic N) is 3. The molecule has 0 bridgehead atoms. The van der Waals surface area contributed by atoms with Crippen LogP contribution < -0.4 is 5.56 Å². The molecule has 5 rings (SSSR count). The summed E-state index contributed by atoms with van der Waals surface area (Å²) < 4.78 is 7.41. The molecule has 4 aromatic rings. The second-order valence-corrected chi connectivity index (χ2v) is 8.19. The Morgan fingerprint density at radius 3 is 3.04 bits per heavy atom. The number of thioether (sulfide) groups is 1. The van der Waals surface area contributed by atoms with E-state index >= 15 is 0 Å². The Morgan fingerprint density at radius 2 is 2.16 bits per heavy atom. The predicted molar refractivity (Wildman–Crippen MR) is 100 cm³/mol. The fraction of sp³-hybridized carbons (Fsp3) is 0.278. The standard InChI is InChI=1S/C18H15N3O2S2/c1-21-17(22)15-10-5-4-8-13(10)25-16(15)20-18(21)24-9-14-19-11-6-2-3-7-12(11)23-14/h2-3,6-7H,4-5,8-9H2,1H3. The van der Waals surface area contributed by atoms with E-state index in [2.05, 4.69) is 4.98 Å². The van der Waals surface area contributed by atoms with Crippen LogP contribution in [0.4, 0.5) is 0 Å². The molecule has 0 N–H and O–H groups in total. The molecule has 1 aromatic carbocycles. The Balaban J connectivity index is 1.50. The molecule has 7 heteroatoms. The molecule has 3 aromatic heterocycles. The van der Waals surface area contributed by atoms with Crippen molar-refractivity contribution >= 4 is 44.4 Å². The molecular formula is C18H15N3O2S2. The Kier molecular flexibility index (Phi) is 3.46. The van der Waals surface area contributed by atoms with Crippen LogP contribution in [0.15, 0.2) is 38.6 Å². The molecule has 5 nitrogen and oxygen atoms in total. The van der Waals surface area contributed by atoms with Crippen LogP contribution in [0.5, 0.6) is 0 Å². The third kappa shape index (κ3) is 2.41. The second kappa shape index (κ2) is 5.71. The molecule has 1 aliphatic rings. The number of thiophene rings is 1. The summed E-state index contributed by atoms with van der Waals surface area (Å²) in [6.45, 7) is 0. The number of para-hydroxylation sites is 2. The molecule has 0 saturated carbocycles. The molecule has 0 spiro atoms. The minimum absolute atomic E-state index is 0.0597. The average Bonchev–Trinajstić information content (AvgIpc) is 3.29. The number of fused-ring (bicyclic) bond motifs is 4. The number of hydrogen-bond donors (Lipinski definition) is 0. The first-order valence-corrected chi connectivity index (χ1v) is 9.99. The van der Waals surface area contributed by atoms with E-state index in [1.54, 1.807) is 23.0 Å². The Hall–Kier alpha value is -2.12. The molecule has 0 aliphatic heterocycles. The highest BCUT2D eigenvalue weighted by atomic mass is 32.2. The van der Waals surface area contributed by atoms with Gasteiger partial charge in [-0.15, -0.1) is 11.3 Å². The van der Waals surface area contributed by atoms with Crippen LogP contribution in [0.25, 0.3) is 21.3 Å². The maximum atomic E-state index is 12.8. The van der Waals surface area contributed by atoms with Gasteiger partial charge >= 0.3 is 0 Å². The van der Waals surface area contributed by atoms with Crippen molar-refractivity contribution in [2.24, 2.45) is 7.05 Å². The minimum Gasteiger partial charge on any atom is -0.440 e. The molecular weight excluding hydrogens is 354 g/mol. The highest BCUT2D eigenvalue weighted by Crippen LogP contribution is 2.35. The number of oxazole rings is 1. The first-order chi connectivity index (χ1) is 12.2. The fourth-order valence-electron chi connectivity index (χ4n) is 3.34. The van der Waals surface area contributed by atoms with Crippen LogP contribution in [0.2, 0.25) is 0 Å². The van der Waals surface area contributed by atoms with Crippen LogP contribution in [0.3, 0.4) is 0 Å². The van der Waals surface area contributed by atoms with E-state index in [1.165, 1.54) is 22.2 Å². The monoisotopic (exact) mass is 369 g/mol. The molecule has 25 heavy (non-hydrogen) atoms. The maximum absolute atomic E-state index is 12.8. The van der Waals surface area contributed by atoms with Gasteiger partial charge in [0, 0.05) is 11.9 Å². The quantitative estimate of drug-likeness (QED) is 0.405. The summed E-state index contributed by atoms with van der Waals surface area (Å²) in [4.78, 5) is 24.2. The lowest BCUT2D eigenvalue weighted by atomic mass is 10.2. The van der Waals surface area contributed by atoms with Gasteiger partial charge in [0.1, 0.15) is 10.3 Å². The number of rotatable bonds is 3. The lowest BCUT2D eigenvalue weighted by Gasteiger charge is -2.06. The topological polar surface area (TPSA) is 60.9 Å². The number of aromatic nitrogens is 3. The zero-order valence-corrected chi connectivity index (χ0v) is 15.2. The lowest BCUT2D eigenvalue weighted by Crippen LogP contribution is -2.20. The van der Waals surface area contributed by atoms with Gasteiger partial charge in [-0.05, 0) is 37.0 Å². The summed E-state index contributed by atoms with van der Waals surface area (Å²) in [5.74, 6) is 1.19. The Morgan fingerprint density at radius 1 is 1.28 bits per heavy atom. The highest BCUT2D eigenvalue weighted by Gasteiger charge is 2.22. The van der Waals surface area contributed by atoms with Crippen LogP contribution in [0.1, 0.15) is 22.8 Å². The molecule has 0 fully saturated rings. The molecule has 0 radical (unpaired) electrons. The van der Waals surface area contributed by atoms with Gasteiger partial charge in [0.2, 0.25) is 5.89 Å². The van der Waals surface area contributed by atoms with Crippen molar-refractivity contribution in [2.75, 3.05) is 0 Å². The van der Waals surface area contributed by atoms with Gasteiger partial charge in [-0.25, -0.2) is 9.97 Å². The van der Waals surface area contributed by atoms with Gasteiger partial charge < -0.3 is 4.42 Å². The van der Waals surface area contributed by atoms with Crippen LogP contribution >= 0.6 is 23.1 Å². The van der Waals surface area contributed by atoms with Crippen LogP contribution in [-0.2, 0) is 25.6 Å². The van der Waals surface area contributed by atoms with E-state index in [0.29, 0.717) is 16.8 Å². The van der Waals surface area contributed by atoms with Crippen LogP contribution in [0, 0.1) is 0 Å². The van der Waals surface area contributed by atoms with Gasteiger partial charge in [-0.1, -0.05) is 23.9 Å². The predicted octanol–water partition coefficient (Wildman–Crippen LogP) is 3.92. The van der Waals surface area contributed by atoms with E-state index in [0.717, 1.165) is 40.6 Å². The van der Waals surface area contributed by atoms with E-state index in [-0.39, 0.29) is 5.56 Å². The van der Waals surface area contributed by atoms with Crippen LogP contribution in [-0.4, -0.2) is 14.5 Å². The minimum atomic E-state index is 0.0597. The van der Waals surface area contributed by atoms with E-state index in [4.69, 9.17) is 9.40 Å². The maximum Gasteiger partial charge on any atom is 0.262 e. The zero-order chi connectivity index (χ0) is 17.0. The van der Waals surface area contributed by atoms with E-state index < -0.39 is 0 Å². The molecule has 0 atom stereocenters. The summed E-state index contributed by atoms with van der Waals surface area (Å²) in [6, 6.07) is 7.71. The lowest BCUT2D eigenvalue weighted by molar-refractivity contribution is 0.555. The first-order valence-electron chi connectivity index (χ1n) is 8.19. The third-order valence-corrected chi connectivity index (χ3v) is 6.77. The third-order valence-electron chi connectivity index (χ3n) is 4.57. The smallest absolute Gasteiger partial charge is 0.262 e. The summed E-state index contributed by atoms with van der Waals surface area (Å²) in [6.07, 6.45) is 3.22. The highest BCUT2D eigenvalue weighted by molar-refractivity contribution is 7.98. The number of aryl methyl sites for hydroxylation is 2. The van der Waals surface area contributed by atoms with Crippen molar-refractivity contribution in [3.8, 4) is 0 Å². The van der Waals surface area contributed by atoms with Crippen molar-refractivity contribution in [1.82, 2.24) is 14.5 Å². The number of benzene rings is 1. The van der Waals surface area contributed by atoms with Gasteiger partial charge in [0.15, 0.2) is 10.7 Å². The zero-order valence-electron chi connectivity index (χ0n) is 13.6. The van der Waals surface area contributed by atoms with Crippen molar-refractivity contribution in [3.05, 3.63) is 51.0 Å². The van der Waals surface area contributed by atoms with Gasteiger partial charge in [-0.2, -0.15) is 0 Å². The summed E-state index contributed by atoms with van der Waals surface area (Å²) >= 11 is 3.16. The van der Waals surface area contributed by atoms with Gasteiger partial charge in [-0.3, -0.25) is 9.36 Å². The summed E-state index contributed by atoms with van der Waals surface area (Å²) in [5, 5.41) is 1.53. The summed E-state index contributed by atoms with van der Waals surface area (Å²) in [5.41, 5.74) is 2.92. The largest absolute Gasteiger partial charge is 0.440 e. The normalized spacial score (nSPS) is 13.8. The van der Waals surface area contributed by atoms with Gasteiger partial charge in [0.25, 0.3) is 5.56 Å². The van der Waals surface area contributed by atoms with Crippen molar-refractivity contribution in [3.63, 3.8) is 0 Å². The second-order valence-electron chi connectivity index (χ2n) is 6.16. The molecule has 126 valence electrons. The average molecular weight is 369 g/mol. The van der Waals surface area contributed by atoms with E-state index in [1.807, 2.05) is 24.3 Å². The summed E-state index contributed by atoms with van der Waals surface area (Å²) in [7, 11) is 1.79. The van der Waals surface area contributed by atoms with Crippen molar-refractivity contribution in [1.29, 1.82) is 0 Å². The Labute approximate surface area is 151 Å². The molecule has 0 saturated heterocycles. The SMILES string of the molecule is Cn1c(SCc2nc3ccccc3o2)nc2sc3c(c2c1=O)CCC3. The van der Waals surface area contributed by atoms with Gasteiger partial charge in [0.05, 0.1) is 11.1 Å². The molecule has 1 aliphatic carbocycles. The van der Waals surface area contributed by atoms with Crippen molar-refractivity contribution in [2.45, 2.75) is 30.2 Å². The fourth-order valence-corrected chi connectivity index (χ4v) is 5.46. The van der Waals surface area contributed by atoms with E-state index in [9.17, 15) is 4.79 Å². The molecule has 0 amide bonds. The van der Waals surface area contributed by atoms with Crippen molar-refractivity contribution < 1.29 is 4.42 Å². The number of hydrogen-bond acceptors (Lipinski definition) is 6. The molecule has 3 heterocycles. The Bertz CT molecular complexity index is 1140.